The Morgan fingerprint density at radius 2 is 2.38 bits per heavy atom. The van der Waals surface area contributed by atoms with Crippen molar-refractivity contribution in [3.05, 3.63) is 34.3 Å². The van der Waals surface area contributed by atoms with E-state index in [1.807, 2.05) is 11.8 Å². The molecule has 70 valence electrons. The lowest BCUT2D eigenvalue weighted by Crippen LogP contribution is -2.30. The van der Waals surface area contributed by atoms with E-state index >= 15 is 0 Å². The lowest BCUT2D eigenvalue weighted by molar-refractivity contribution is 0.595. The Balaban J connectivity index is 2.14. The van der Waals surface area contributed by atoms with Gasteiger partial charge in [-0.1, -0.05) is 28.1 Å². The van der Waals surface area contributed by atoms with Crippen LogP contribution in [-0.2, 0) is 0 Å². The Kier molecular flexibility index (Phi) is 3.30. The minimum Gasteiger partial charge on any atom is -0.308 e. The SMILES string of the molecule is Brc1cccc([C@H]2CSCCN2)c1. The summed E-state index contributed by atoms with van der Waals surface area (Å²) in [6, 6.07) is 9.09. The third kappa shape index (κ3) is 2.48. The number of hydrogen-bond acceptors (Lipinski definition) is 2. The van der Waals surface area contributed by atoms with Gasteiger partial charge in [0.05, 0.1) is 0 Å². The van der Waals surface area contributed by atoms with Gasteiger partial charge < -0.3 is 5.32 Å². The second-order valence-corrected chi connectivity index (χ2v) is 5.20. The molecule has 1 heterocycles. The van der Waals surface area contributed by atoms with Crippen LogP contribution in [0.1, 0.15) is 11.6 Å². The second kappa shape index (κ2) is 4.49. The molecule has 13 heavy (non-hydrogen) atoms. The van der Waals surface area contributed by atoms with E-state index in [1.54, 1.807) is 0 Å². The standard InChI is InChI=1S/C10H12BrNS/c11-9-3-1-2-8(6-9)10-7-13-5-4-12-10/h1-3,6,10,12H,4-5,7H2/t10-/m1/s1. The molecule has 0 amide bonds. The fourth-order valence-corrected chi connectivity index (χ4v) is 2.89. The van der Waals surface area contributed by atoms with Gasteiger partial charge in [-0.15, -0.1) is 0 Å². The normalized spacial score (nSPS) is 23.0. The molecule has 0 saturated carbocycles. The van der Waals surface area contributed by atoms with Gasteiger partial charge in [-0.3, -0.25) is 0 Å². The topological polar surface area (TPSA) is 12.0 Å². The molecule has 0 radical (unpaired) electrons. The van der Waals surface area contributed by atoms with Crippen LogP contribution in [0.4, 0.5) is 0 Å². The van der Waals surface area contributed by atoms with Crippen LogP contribution in [0.15, 0.2) is 28.7 Å². The van der Waals surface area contributed by atoms with E-state index < -0.39 is 0 Å². The maximum absolute atomic E-state index is 3.52. The Labute approximate surface area is 91.4 Å². The maximum Gasteiger partial charge on any atom is 0.0412 e. The summed E-state index contributed by atoms with van der Waals surface area (Å²) in [5.41, 5.74) is 1.39. The first-order valence-corrected chi connectivity index (χ1v) is 6.37. The minimum absolute atomic E-state index is 0.538. The number of nitrogens with one attached hydrogen (secondary N) is 1. The second-order valence-electron chi connectivity index (χ2n) is 3.14. The number of rotatable bonds is 1. The average Bonchev–Trinajstić information content (AvgIpc) is 2.19. The van der Waals surface area contributed by atoms with Gasteiger partial charge in [0.2, 0.25) is 0 Å². The molecule has 1 atom stereocenters. The fourth-order valence-electron chi connectivity index (χ4n) is 1.50. The van der Waals surface area contributed by atoms with E-state index in [0.29, 0.717) is 6.04 Å². The van der Waals surface area contributed by atoms with E-state index in [9.17, 15) is 0 Å². The molecular formula is C10H12BrNS. The van der Waals surface area contributed by atoms with Crippen LogP contribution < -0.4 is 5.32 Å². The Hall–Kier alpha value is 0.01000. The Morgan fingerprint density at radius 1 is 1.46 bits per heavy atom. The van der Waals surface area contributed by atoms with Gasteiger partial charge in [0, 0.05) is 28.6 Å². The van der Waals surface area contributed by atoms with Crippen molar-refractivity contribution < 1.29 is 0 Å². The van der Waals surface area contributed by atoms with Gasteiger partial charge in [-0.2, -0.15) is 11.8 Å². The number of benzene rings is 1. The van der Waals surface area contributed by atoms with E-state index in [2.05, 4.69) is 45.5 Å². The summed E-state index contributed by atoms with van der Waals surface area (Å²) < 4.78 is 1.17. The average molecular weight is 258 g/mol. The quantitative estimate of drug-likeness (QED) is 0.831. The Morgan fingerprint density at radius 3 is 3.08 bits per heavy atom. The molecule has 0 unspecified atom stereocenters. The van der Waals surface area contributed by atoms with Crippen molar-refractivity contribution in [3.8, 4) is 0 Å². The molecule has 1 N–H and O–H groups in total. The highest BCUT2D eigenvalue weighted by Crippen LogP contribution is 2.23. The molecule has 0 aromatic heterocycles. The van der Waals surface area contributed by atoms with Crippen LogP contribution >= 0.6 is 27.7 Å². The van der Waals surface area contributed by atoms with Crippen molar-refractivity contribution in [1.82, 2.24) is 5.32 Å². The predicted octanol–water partition coefficient (Wildman–Crippen LogP) is 2.83. The summed E-state index contributed by atoms with van der Waals surface area (Å²) in [6.45, 7) is 1.13. The van der Waals surface area contributed by atoms with Gasteiger partial charge in [0.15, 0.2) is 0 Å². The first kappa shape index (κ1) is 9.56. The summed E-state index contributed by atoms with van der Waals surface area (Å²) in [7, 11) is 0. The molecule has 0 spiro atoms. The van der Waals surface area contributed by atoms with Crippen LogP contribution in [0.5, 0.6) is 0 Å². The molecule has 1 nitrogen and oxygen atoms in total. The highest BCUT2D eigenvalue weighted by Gasteiger charge is 2.14. The zero-order chi connectivity index (χ0) is 9.10. The van der Waals surface area contributed by atoms with Gasteiger partial charge >= 0.3 is 0 Å². The van der Waals surface area contributed by atoms with Crippen LogP contribution in [0.3, 0.4) is 0 Å². The molecule has 1 fully saturated rings. The molecule has 1 saturated heterocycles. The minimum atomic E-state index is 0.538. The molecule has 1 aromatic carbocycles. The van der Waals surface area contributed by atoms with Gasteiger partial charge in [0.25, 0.3) is 0 Å². The van der Waals surface area contributed by atoms with Crippen molar-refractivity contribution in [2.45, 2.75) is 6.04 Å². The van der Waals surface area contributed by atoms with E-state index in [0.717, 1.165) is 6.54 Å². The first-order chi connectivity index (χ1) is 6.36. The van der Waals surface area contributed by atoms with E-state index in [4.69, 9.17) is 0 Å². The van der Waals surface area contributed by atoms with Gasteiger partial charge in [-0.25, -0.2) is 0 Å². The molecule has 1 aliphatic rings. The monoisotopic (exact) mass is 257 g/mol. The van der Waals surface area contributed by atoms with Crippen molar-refractivity contribution in [2.24, 2.45) is 0 Å². The van der Waals surface area contributed by atoms with E-state index in [1.165, 1.54) is 21.5 Å². The summed E-state index contributed by atoms with van der Waals surface area (Å²) in [5, 5.41) is 3.52. The molecular weight excluding hydrogens is 246 g/mol. The highest BCUT2D eigenvalue weighted by atomic mass is 79.9. The lowest BCUT2D eigenvalue weighted by atomic mass is 10.1. The molecule has 1 aromatic rings. The number of hydrogen-bond donors (Lipinski definition) is 1. The van der Waals surface area contributed by atoms with Gasteiger partial charge in [0.1, 0.15) is 0 Å². The molecule has 1 aliphatic heterocycles. The Bertz CT molecular complexity index is 284. The van der Waals surface area contributed by atoms with Gasteiger partial charge in [-0.05, 0) is 17.7 Å². The van der Waals surface area contributed by atoms with Crippen molar-refractivity contribution in [3.63, 3.8) is 0 Å². The predicted molar refractivity (Wildman–Crippen MR) is 62.2 cm³/mol. The summed E-state index contributed by atoms with van der Waals surface area (Å²) in [5.74, 6) is 2.43. The number of thioether (sulfide) groups is 1. The van der Waals surface area contributed by atoms with Crippen LogP contribution in [0.25, 0.3) is 0 Å². The van der Waals surface area contributed by atoms with Crippen molar-refractivity contribution in [2.75, 3.05) is 18.1 Å². The zero-order valence-electron chi connectivity index (χ0n) is 7.29. The third-order valence-electron chi connectivity index (χ3n) is 2.17. The van der Waals surface area contributed by atoms with Crippen molar-refractivity contribution >= 4 is 27.7 Å². The molecule has 0 aliphatic carbocycles. The smallest absolute Gasteiger partial charge is 0.0412 e. The first-order valence-electron chi connectivity index (χ1n) is 4.43. The third-order valence-corrected chi connectivity index (χ3v) is 3.73. The number of halogens is 1. The fraction of sp³-hybridized carbons (Fsp3) is 0.400. The van der Waals surface area contributed by atoms with Crippen LogP contribution in [0.2, 0.25) is 0 Å². The lowest BCUT2D eigenvalue weighted by Gasteiger charge is -2.23. The molecule has 3 heteroatoms. The van der Waals surface area contributed by atoms with E-state index in [-0.39, 0.29) is 0 Å². The summed E-state index contributed by atoms with van der Waals surface area (Å²) in [4.78, 5) is 0. The van der Waals surface area contributed by atoms with Crippen LogP contribution in [0, 0.1) is 0 Å². The molecule has 0 bridgehead atoms. The zero-order valence-corrected chi connectivity index (χ0v) is 9.70. The molecule has 2 rings (SSSR count). The largest absolute Gasteiger partial charge is 0.308 e. The summed E-state index contributed by atoms with van der Waals surface area (Å²) >= 11 is 5.52. The maximum atomic E-state index is 3.52. The van der Waals surface area contributed by atoms with Crippen LogP contribution in [-0.4, -0.2) is 18.1 Å². The summed E-state index contributed by atoms with van der Waals surface area (Å²) in [6.07, 6.45) is 0. The van der Waals surface area contributed by atoms with Crippen molar-refractivity contribution in [1.29, 1.82) is 0 Å². The highest BCUT2D eigenvalue weighted by molar-refractivity contribution is 9.10.